The predicted octanol–water partition coefficient (Wildman–Crippen LogP) is 0.233. The Morgan fingerprint density at radius 1 is 1.35 bits per heavy atom. The highest BCUT2D eigenvalue weighted by atomic mass is 16.5. The van der Waals surface area contributed by atoms with Gasteiger partial charge in [-0.05, 0) is 43.8 Å². The molecule has 0 spiro atoms. The summed E-state index contributed by atoms with van der Waals surface area (Å²) in [5, 5.41) is 6.61. The van der Waals surface area contributed by atoms with E-state index in [4.69, 9.17) is 4.74 Å². The van der Waals surface area contributed by atoms with Crippen LogP contribution in [0.25, 0.3) is 0 Å². The summed E-state index contributed by atoms with van der Waals surface area (Å²) in [4.78, 5) is 15.0. The zero-order valence-corrected chi connectivity index (χ0v) is 11.9. The van der Waals surface area contributed by atoms with E-state index in [9.17, 15) is 4.79 Å². The monoisotopic (exact) mass is 277 g/mol. The molecule has 5 heteroatoms. The Morgan fingerprint density at radius 3 is 2.95 bits per heavy atom. The van der Waals surface area contributed by atoms with Crippen LogP contribution < -0.4 is 10.6 Å². The topological polar surface area (TPSA) is 53.6 Å². The first-order valence-electron chi connectivity index (χ1n) is 7.89. The van der Waals surface area contributed by atoms with Crippen molar-refractivity contribution in [3.8, 4) is 0 Å². The number of amides is 1. The minimum atomic E-state index is -0.0640. The Bertz CT molecular complexity index is 440. The van der Waals surface area contributed by atoms with E-state index in [0.717, 1.165) is 31.8 Å². The van der Waals surface area contributed by atoms with E-state index in [2.05, 4.69) is 15.5 Å². The normalized spacial score (nSPS) is 39.4. The van der Waals surface area contributed by atoms with Crippen molar-refractivity contribution in [3.63, 3.8) is 0 Å². The number of nitrogens with zero attached hydrogens (tertiary/aromatic N) is 1. The summed E-state index contributed by atoms with van der Waals surface area (Å²) in [6, 6.07) is 0.299. The van der Waals surface area contributed by atoms with Gasteiger partial charge in [0.15, 0.2) is 0 Å². The summed E-state index contributed by atoms with van der Waals surface area (Å²) in [6.45, 7) is 4.98. The van der Waals surface area contributed by atoms with Gasteiger partial charge in [-0.3, -0.25) is 10.1 Å². The van der Waals surface area contributed by atoms with Crippen LogP contribution in [0.2, 0.25) is 0 Å². The van der Waals surface area contributed by atoms with E-state index >= 15 is 0 Å². The number of ether oxygens (including phenoxy) is 1. The van der Waals surface area contributed by atoms with Crippen molar-refractivity contribution < 1.29 is 9.53 Å². The quantitative estimate of drug-likeness (QED) is 0.759. The molecule has 1 amide bonds. The SMILES string of the molecule is O=C(NC1CN2CCC1CC2)[C@@H]1CC2=C(CN1)OCC2. The maximum absolute atomic E-state index is 12.5. The highest BCUT2D eigenvalue weighted by Gasteiger charge is 2.37. The molecule has 0 aromatic carbocycles. The molecule has 2 atom stereocenters. The maximum Gasteiger partial charge on any atom is 0.237 e. The molecule has 110 valence electrons. The van der Waals surface area contributed by atoms with E-state index in [-0.39, 0.29) is 11.9 Å². The van der Waals surface area contributed by atoms with Crippen molar-refractivity contribution >= 4 is 5.91 Å². The smallest absolute Gasteiger partial charge is 0.237 e. The zero-order chi connectivity index (χ0) is 13.5. The number of piperidine rings is 3. The van der Waals surface area contributed by atoms with Gasteiger partial charge in [-0.25, -0.2) is 0 Å². The second-order valence-electron chi connectivity index (χ2n) is 6.52. The fourth-order valence-electron chi connectivity index (χ4n) is 4.06. The number of fused-ring (bicyclic) bond motifs is 3. The van der Waals surface area contributed by atoms with Crippen LogP contribution in [0.15, 0.2) is 11.3 Å². The second kappa shape index (κ2) is 5.04. The highest BCUT2D eigenvalue weighted by molar-refractivity contribution is 5.82. The van der Waals surface area contributed by atoms with Gasteiger partial charge in [0.25, 0.3) is 0 Å². The molecule has 0 radical (unpaired) electrons. The van der Waals surface area contributed by atoms with E-state index < -0.39 is 0 Å². The van der Waals surface area contributed by atoms with Crippen molar-refractivity contribution in [2.75, 3.05) is 32.8 Å². The van der Waals surface area contributed by atoms with Gasteiger partial charge in [-0.15, -0.1) is 0 Å². The third kappa shape index (κ3) is 2.23. The third-order valence-corrected chi connectivity index (χ3v) is 5.33. The predicted molar refractivity (Wildman–Crippen MR) is 75.1 cm³/mol. The van der Waals surface area contributed by atoms with Crippen molar-refractivity contribution in [2.24, 2.45) is 5.92 Å². The van der Waals surface area contributed by atoms with Gasteiger partial charge < -0.3 is 15.0 Å². The molecular weight excluding hydrogens is 254 g/mol. The number of rotatable bonds is 2. The van der Waals surface area contributed by atoms with Crippen LogP contribution >= 0.6 is 0 Å². The van der Waals surface area contributed by atoms with Gasteiger partial charge in [-0.2, -0.15) is 0 Å². The zero-order valence-electron chi connectivity index (χ0n) is 11.9. The summed E-state index contributed by atoms with van der Waals surface area (Å²) >= 11 is 0. The van der Waals surface area contributed by atoms with Gasteiger partial charge in [-0.1, -0.05) is 0 Å². The lowest BCUT2D eigenvalue weighted by Gasteiger charge is -2.45. The van der Waals surface area contributed by atoms with E-state index in [0.29, 0.717) is 18.5 Å². The number of carbonyl (C=O) groups excluding carboxylic acids is 1. The molecule has 5 heterocycles. The number of hydrogen-bond acceptors (Lipinski definition) is 4. The first-order valence-corrected chi connectivity index (χ1v) is 7.89. The maximum atomic E-state index is 12.5. The summed E-state index contributed by atoms with van der Waals surface area (Å²) in [5.41, 5.74) is 1.35. The molecule has 0 saturated carbocycles. The first-order chi connectivity index (χ1) is 9.79. The summed E-state index contributed by atoms with van der Waals surface area (Å²) < 4.78 is 5.55. The lowest BCUT2D eigenvalue weighted by Crippen LogP contribution is -2.60. The molecule has 5 nitrogen and oxygen atoms in total. The van der Waals surface area contributed by atoms with Crippen LogP contribution in [0, 0.1) is 5.92 Å². The lowest BCUT2D eigenvalue weighted by atomic mass is 9.84. The second-order valence-corrected chi connectivity index (χ2v) is 6.52. The minimum absolute atomic E-state index is 0.0640. The average molecular weight is 277 g/mol. The molecule has 5 aliphatic rings. The molecule has 0 aromatic heterocycles. The number of hydrogen-bond donors (Lipinski definition) is 2. The third-order valence-electron chi connectivity index (χ3n) is 5.33. The first kappa shape index (κ1) is 12.7. The van der Waals surface area contributed by atoms with Crippen LogP contribution in [0.5, 0.6) is 0 Å². The Balaban J connectivity index is 1.36. The average Bonchev–Trinajstić information content (AvgIpc) is 2.96. The fourth-order valence-corrected chi connectivity index (χ4v) is 4.06. The van der Waals surface area contributed by atoms with Gasteiger partial charge in [0.05, 0.1) is 19.2 Å². The van der Waals surface area contributed by atoms with E-state index in [1.165, 1.54) is 31.5 Å². The summed E-state index contributed by atoms with van der Waals surface area (Å²) in [6.07, 6.45) is 4.31. The highest BCUT2D eigenvalue weighted by Crippen LogP contribution is 2.29. The van der Waals surface area contributed by atoms with Crippen LogP contribution in [-0.2, 0) is 9.53 Å². The van der Waals surface area contributed by atoms with Gasteiger partial charge in [0, 0.05) is 19.0 Å². The Hall–Kier alpha value is -1.07. The molecule has 5 rings (SSSR count). The van der Waals surface area contributed by atoms with E-state index in [1.807, 2.05) is 0 Å². The van der Waals surface area contributed by atoms with Crippen LogP contribution in [0.3, 0.4) is 0 Å². The van der Waals surface area contributed by atoms with Crippen LogP contribution in [-0.4, -0.2) is 55.7 Å². The van der Waals surface area contributed by atoms with Crippen molar-refractivity contribution in [1.29, 1.82) is 0 Å². The molecule has 2 bridgehead atoms. The molecule has 1 unspecified atom stereocenters. The lowest BCUT2D eigenvalue weighted by molar-refractivity contribution is -0.125. The van der Waals surface area contributed by atoms with Gasteiger partial charge >= 0.3 is 0 Å². The van der Waals surface area contributed by atoms with Crippen molar-refractivity contribution in [2.45, 2.75) is 37.8 Å². The summed E-state index contributed by atoms with van der Waals surface area (Å²) in [5.74, 6) is 1.95. The van der Waals surface area contributed by atoms with Crippen LogP contribution in [0.4, 0.5) is 0 Å². The molecule has 5 aliphatic heterocycles. The standard InChI is InChI=1S/C15H23N3O2/c19-15(12-7-11-3-6-20-14(11)8-16-12)17-13-9-18-4-1-10(13)2-5-18/h10,12-13,16H,1-9H2,(H,17,19)/t12-,13?/m0/s1. The van der Waals surface area contributed by atoms with Crippen LogP contribution in [0.1, 0.15) is 25.7 Å². The van der Waals surface area contributed by atoms with Crippen molar-refractivity contribution in [1.82, 2.24) is 15.5 Å². The molecule has 0 aliphatic carbocycles. The minimum Gasteiger partial charge on any atom is -0.496 e. The summed E-state index contributed by atoms with van der Waals surface area (Å²) in [7, 11) is 0. The molecule has 0 aromatic rings. The van der Waals surface area contributed by atoms with Gasteiger partial charge in [0.2, 0.25) is 5.91 Å². The van der Waals surface area contributed by atoms with E-state index in [1.54, 1.807) is 0 Å². The Labute approximate surface area is 119 Å². The molecule has 3 fully saturated rings. The van der Waals surface area contributed by atoms with Crippen molar-refractivity contribution in [3.05, 3.63) is 11.3 Å². The molecular formula is C15H23N3O2. The number of nitrogens with one attached hydrogen (secondary N) is 2. The molecule has 20 heavy (non-hydrogen) atoms. The Kier molecular flexibility index (Phi) is 3.19. The largest absolute Gasteiger partial charge is 0.496 e. The number of carbonyl (C=O) groups is 1. The Morgan fingerprint density at radius 2 is 2.20 bits per heavy atom. The molecule has 2 N–H and O–H groups in total. The fraction of sp³-hybridized carbons (Fsp3) is 0.800. The molecule has 3 saturated heterocycles. The van der Waals surface area contributed by atoms with Gasteiger partial charge in [0.1, 0.15) is 5.76 Å².